The number of unbranched alkanes of at least 4 members (excludes halogenated alkanes) is 31. The quantitative estimate of drug-likeness (QED) is 0.0146. The molecule has 0 fully saturated rings. The number of esters is 3. The van der Waals surface area contributed by atoms with E-state index in [1.165, 1.54) is 103 Å². The van der Waals surface area contributed by atoms with Gasteiger partial charge in [-0.25, -0.2) is 9.13 Å². The Balaban J connectivity index is 4.56. The van der Waals surface area contributed by atoms with Crippen molar-refractivity contribution in [1.82, 2.24) is 0 Å². The predicted octanol–water partition coefficient (Wildman–Crippen LogP) is 22.0. The largest absolute Gasteiger partial charge is 0.472 e. The van der Waals surface area contributed by atoms with Crippen molar-refractivity contribution in [1.29, 1.82) is 0 Å². The lowest BCUT2D eigenvalue weighted by atomic mass is 10.0. The van der Waals surface area contributed by atoms with Crippen LogP contribution in [0.5, 0.6) is 0 Å². The summed E-state index contributed by atoms with van der Waals surface area (Å²) in [6.07, 6.45) is 82.7. The SMILES string of the molecule is CC/C=C\C/C=C\C/C=C\C/C=C\C/C=C\CCCCCCCCCCCCCC(=O)OCC(O)COP(=O)(O)OCC(O)COP(=O)(O)OCC(COC(=O)CCCCCCCC/C=C\C/C=C\C/C=C\CCCCC)OC(=O)CCCCCCC/C=C\CCCCCCCC. The lowest BCUT2D eigenvalue weighted by Crippen LogP contribution is -2.30. The Hall–Kier alpha value is -3.79. The van der Waals surface area contributed by atoms with Crippen molar-refractivity contribution in [2.45, 2.75) is 334 Å². The Morgan fingerprint density at radius 1 is 0.299 bits per heavy atom. The van der Waals surface area contributed by atoms with E-state index in [0.29, 0.717) is 19.3 Å². The Morgan fingerprint density at radius 2 is 0.546 bits per heavy atom. The van der Waals surface area contributed by atoms with E-state index in [2.05, 4.69) is 130 Å². The van der Waals surface area contributed by atoms with Crippen molar-refractivity contribution >= 4 is 33.6 Å². The van der Waals surface area contributed by atoms with Crippen molar-refractivity contribution in [3.05, 3.63) is 109 Å². The second-order valence-electron chi connectivity index (χ2n) is 25.4. The van der Waals surface area contributed by atoms with E-state index in [9.17, 15) is 43.5 Å². The molecule has 0 aromatic rings. The molecule has 0 aliphatic rings. The summed E-state index contributed by atoms with van der Waals surface area (Å²) in [6, 6.07) is 0. The highest BCUT2D eigenvalue weighted by atomic mass is 31.2. The van der Waals surface area contributed by atoms with Gasteiger partial charge in [-0.05, 0) is 128 Å². The molecule has 0 aliphatic heterocycles. The normalized spacial score (nSPS) is 14.7. The lowest BCUT2D eigenvalue weighted by molar-refractivity contribution is -0.161. The zero-order chi connectivity index (χ0) is 70.9. The zero-order valence-corrected chi connectivity index (χ0v) is 62.8. The van der Waals surface area contributed by atoms with Crippen LogP contribution in [-0.2, 0) is 55.8 Å². The number of allylic oxidation sites excluding steroid dienone is 18. The third-order valence-corrected chi connectivity index (χ3v) is 17.9. The van der Waals surface area contributed by atoms with Gasteiger partial charge in [0.25, 0.3) is 0 Å². The molecular formula is C79H138O16P2. The highest BCUT2D eigenvalue weighted by molar-refractivity contribution is 7.47. The van der Waals surface area contributed by atoms with Gasteiger partial charge in [0, 0.05) is 19.3 Å². The first-order valence-electron chi connectivity index (χ1n) is 38.2. The molecule has 4 N–H and O–H groups in total. The van der Waals surface area contributed by atoms with Gasteiger partial charge in [-0.1, -0.05) is 278 Å². The number of aliphatic hydroxyl groups excluding tert-OH is 2. The third-order valence-electron chi connectivity index (χ3n) is 16.0. The van der Waals surface area contributed by atoms with E-state index in [4.69, 9.17) is 32.3 Å². The van der Waals surface area contributed by atoms with Crippen LogP contribution in [0.15, 0.2) is 109 Å². The van der Waals surface area contributed by atoms with Gasteiger partial charge in [0.05, 0.1) is 26.4 Å². The van der Waals surface area contributed by atoms with Gasteiger partial charge < -0.3 is 34.2 Å². The highest BCUT2D eigenvalue weighted by Gasteiger charge is 2.29. The highest BCUT2D eigenvalue weighted by Crippen LogP contribution is 2.45. The molecule has 0 saturated carbocycles. The summed E-state index contributed by atoms with van der Waals surface area (Å²) >= 11 is 0. The number of hydrogen-bond donors (Lipinski definition) is 4. The fraction of sp³-hybridized carbons (Fsp3) is 0.734. The maximum absolute atomic E-state index is 12.9. The third kappa shape index (κ3) is 73.3. The van der Waals surface area contributed by atoms with Gasteiger partial charge in [0.15, 0.2) is 6.10 Å². The van der Waals surface area contributed by atoms with Gasteiger partial charge in [-0.3, -0.25) is 32.5 Å². The van der Waals surface area contributed by atoms with Gasteiger partial charge in [-0.15, -0.1) is 0 Å². The molecule has 0 radical (unpaired) electrons. The first kappa shape index (κ1) is 93.2. The molecule has 0 aromatic carbocycles. The Kier molecular flexibility index (Phi) is 69.2. The maximum Gasteiger partial charge on any atom is 0.472 e. The fourth-order valence-corrected chi connectivity index (χ4v) is 11.7. The molecule has 0 bridgehead atoms. The summed E-state index contributed by atoms with van der Waals surface area (Å²) in [4.78, 5) is 58.6. The van der Waals surface area contributed by atoms with Crippen LogP contribution in [0.4, 0.5) is 0 Å². The molecule has 0 heterocycles. The Labute approximate surface area is 590 Å². The molecule has 0 saturated heterocycles. The Morgan fingerprint density at radius 3 is 0.897 bits per heavy atom. The molecular weight excluding hydrogens is 1270 g/mol. The van der Waals surface area contributed by atoms with Crippen LogP contribution in [0.3, 0.4) is 0 Å². The van der Waals surface area contributed by atoms with Gasteiger partial charge in [-0.2, -0.15) is 0 Å². The minimum absolute atomic E-state index is 0.0916. The number of carbonyl (C=O) groups is 3. The monoisotopic (exact) mass is 1400 g/mol. The average molecular weight is 1410 g/mol. The molecule has 5 atom stereocenters. The van der Waals surface area contributed by atoms with Crippen molar-refractivity contribution in [2.24, 2.45) is 0 Å². The molecule has 16 nitrogen and oxygen atoms in total. The van der Waals surface area contributed by atoms with E-state index in [1.54, 1.807) is 0 Å². The number of rotatable bonds is 72. The van der Waals surface area contributed by atoms with Gasteiger partial charge >= 0.3 is 33.6 Å². The zero-order valence-electron chi connectivity index (χ0n) is 61.0. The summed E-state index contributed by atoms with van der Waals surface area (Å²) in [5, 5.41) is 20.6. The van der Waals surface area contributed by atoms with E-state index in [0.717, 1.165) is 154 Å². The van der Waals surface area contributed by atoms with Crippen LogP contribution in [-0.4, -0.2) is 95.9 Å². The summed E-state index contributed by atoms with van der Waals surface area (Å²) in [6.45, 7) is 2.53. The molecule has 0 spiro atoms. The summed E-state index contributed by atoms with van der Waals surface area (Å²) in [7, 11) is -9.79. The molecule has 0 aliphatic carbocycles. The summed E-state index contributed by atoms with van der Waals surface area (Å²) in [5.41, 5.74) is 0. The number of hydrogen-bond acceptors (Lipinski definition) is 14. The topological polar surface area (TPSA) is 231 Å². The standard InChI is InChI=1S/C79H138O16P2/c1-4-7-10-13-16-19-22-25-28-30-32-33-34-35-36-37-38-39-41-43-45-47-50-53-56-59-62-65-77(82)89-68-74(80)69-91-96(85,86)92-70-75(81)71-93-97(87,88)94-73-76(95-79(84)67-64-61-58-55-52-49-44-27-24-21-18-15-12-9-6-3)72-90-78(83)66-63-60-57-54-51-48-46-42-40-31-29-26-23-20-17-14-11-8-5-2/h7,10,16-17,19-20,25-29,32-33,35-36,40,42,44,74-76,80-81H,4-6,8-9,11-15,18,21-24,30-31,34,37-39,41,43,45-73H2,1-3H3,(H,85,86)(H,87,88)/b10-7-,19-16-,20-17-,28-25-,29-26-,33-32-,36-35-,42-40-,44-27-. The van der Waals surface area contributed by atoms with Crippen LogP contribution in [0.2, 0.25) is 0 Å². The average Bonchev–Trinajstić information content (AvgIpc) is 1.86. The Bertz CT molecular complexity index is 2200. The van der Waals surface area contributed by atoms with E-state index < -0.39 is 91.5 Å². The smallest absolute Gasteiger partial charge is 0.463 e. The van der Waals surface area contributed by atoms with Gasteiger partial charge in [0.2, 0.25) is 0 Å². The summed E-state index contributed by atoms with van der Waals surface area (Å²) < 4.78 is 61.1. The minimum Gasteiger partial charge on any atom is -0.463 e. The molecule has 5 unspecified atom stereocenters. The number of phosphoric acid groups is 2. The molecule has 97 heavy (non-hydrogen) atoms. The number of phosphoric ester groups is 2. The predicted molar refractivity (Wildman–Crippen MR) is 399 cm³/mol. The van der Waals surface area contributed by atoms with E-state index in [1.807, 2.05) is 0 Å². The van der Waals surface area contributed by atoms with Crippen molar-refractivity contribution < 1.29 is 75.8 Å². The molecule has 0 rings (SSSR count). The molecule has 18 heteroatoms. The van der Waals surface area contributed by atoms with E-state index in [-0.39, 0.29) is 19.3 Å². The number of aliphatic hydroxyl groups is 2. The van der Waals surface area contributed by atoms with Crippen LogP contribution in [0.25, 0.3) is 0 Å². The van der Waals surface area contributed by atoms with Gasteiger partial charge in [0.1, 0.15) is 25.4 Å². The summed E-state index contributed by atoms with van der Waals surface area (Å²) in [5.74, 6) is -1.59. The number of carbonyl (C=O) groups excluding carboxylic acids is 3. The second-order valence-corrected chi connectivity index (χ2v) is 28.3. The molecule has 0 amide bonds. The van der Waals surface area contributed by atoms with Crippen LogP contribution in [0.1, 0.15) is 316 Å². The van der Waals surface area contributed by atoms with Crippen molar-refractivity contribution in [3.8, 4) is 0 Å². The minimum atomic E-state index is -4.93. The molecule has 560 valence electrons. The van der Waals surface area contributed by atoms with Crippen molar-refractivity contribution in [3.63, 3.8) is 0 Å². The van der Waals surface area contributed by atoms with Crippen molar-refractivity contribution in [2.75, 3.05) is 39.6 Å². The van der Waals surface area contributed by atoms with Crippen LogP contribution >= 0.6 is 15.6 Å². The second kappa shape index (κ2) is 72.0. The van der Waals surface area contributed by atoms with E-state index >= 15 is 0 Å². The molecule has 0 aromatic heterocycles. The fourth-order valence-electron chi connectivity index (χ4n) is 10.1. The van der Waals surface area contributed by atoms with Crippen LogP contribution in [0, 0.1) is 0 Å². The first-order chi connectivity index (χ1) is 47.2. The maximum atomic E-state index is 12.9. The number of ether oxygens (including phenoxy) is 3. The first-order valence-corrected chi connectivity index (χ1v) is 41.2. The van der Waals surface area contributed by atoms with Crippen LogP contribution < -0.4 is 0 Å². The lowest BCUT2D eigenvalue weighted by Gasteiger charge is -2.21.